The second-order valence-corrected chi connectivity index (χ2v) is 4.30. The maximum Gasteiger partial charge on any atom is 0.0661 e. The molecule has 1 heterocycles. The predicted molar refractivity (Wildman–Crippen MR) is 70.1 cm³/mol. The molecule has 1 N–H and O–H groups in total. The van der Waals surface area contributed by atoms with E-state index in [1.807, 2.05) is 12.3 Å². The third kappa shape index (κ3) is 2.39. The number of para-hydroxylation sites is 1. The molecule has 2 aromatic rings. The number of halogens is 1. The number of fused-ring (bicyclic) bond motifs is 1. The summed E-state index contributed by atoms with van der Waals surface area (Å²) in [5, 5.41) is 5.32. The van der Waals surface area contributed by atoms with Crippen molar-refractivity contribution in [3.05, 3.63) is 35.5 Å². The average Bonchev–Trinajstić information content (AvgIpc) is 2.63. The average molecular weight is 237 g/mol. The topological polar surface area (TPSA) is 17.0 Å². The highest BCUT2D eigenvalue weighted by Crippen LogP contribution is 2.25. The molecule has 0 bridgehead atoms. The molecule has 0 aliphatic carbocycles. The largest absolute Gasteiger partial charge is 0.346 e. The van der Waals surface area contributed by atoms with Crippen LogP contribution in [0.3, 0.4) is 0 Å². The molecule has 0 spiro atoms. The maximum absolute atomic E-state index is 6.18. The lowest BCUT2D eigenvalue weighted by molar-refractivity contribution is 0.603. The first-order valence-electron chi connectivity index (χ1n) is 5.77. The summed E-state index contributed by atoms with van der Waals surface area (Å²) >= 11 is 6.18. The van der Waals surface area contributed by atoms with Gasteiger partial charge >= 0.3 is 0 Å². The van der Waals surface area contributed by atoms with Crippen LogP contribution in [0.2, 0.25) is 5.02 Å². The molecule has 86 valence electrons. The van der Waals surface area contributed by atoms with E-state index in [-0.39, 0.29) is 0 Å². The van der Waals surface area contributed by atoms with Crippen molar-refractivity contribution < 1.29 is 0 Å². The van der Waals surface area contributed by atoms with Crippen LogP contribution in [0.1, 0.15) is 13.3 Å². The van der Waals surface area contributed by atoms with Gasteiger partial charge in [0, 0.05) is 23.6 Å². The molecule has 3 heteroatoms. The first-order valence-corrected chi connectivity index (χ1v) is 6.15. The van der Waals surface area contributed by atoms with Gasteiger partial charge in [-0.2, -0.15) is 0 Å². The first-order chi connectivity index (χ1) is 7.83. The molecule has 0 aliphatic rings. The summed E-state index contributed by atoms with van der Waals surface area (Å²) in [4.78, 5) is 0. The van der Waals surface area contributed by atoms with E-state index in [9.17, 15) is 0 Å². The molecule has 2 nitrogen and oxygen atoms in total. The summed E-state index contributed by atoms with van der Waals surface area (Å²) in [7, 11) is 0. The number of rotatable bonds is 5. The van der Waals surface area contributed by atoms with Crippen LogP contribution in [0.25, 0.3) is 10.9 Å². The van der Waals surface area contributed by atoms with Gasteiger partial charge in [0.15, 0.2) is 0 Å². The number of aryl methyl sites for hydroxylation is 1. The van der Waals surface area contributed by atoms with Crippen LogP contribution < -0.4 is 5.32 Å². The number of benzene rings is 1. The zero-order valence-corrected chi connectivity index (χ0v) is 10.3. The lowest BCUT2D eigenvalue weighted by Crippen LogP contribution is -2.15. The summed E-state index contributed by atoms with van der Waals surface area (Å²) in [6.07, 6.45) is 3.15. The van der Waals surface area contributed by atoms with E-state index in [0.717, 1.165) is 36.5 Å². The molecule has 1 aromatic heterocycles. The fraction of sp³-hybridized carbons (Fsp3) is 0.385. The van der Waals surface area contributed by atoms with Gasteiger partial charge in [-0.15, -0.1) is 0 Å². The fourth-order valence-electron chi connectivity index (χ4n) is 1.94. The Kier molecular flexibility index (Phi) is 3.86. The minimum absolute atomic E-state index is 0.846. The van der Waals surface area contributed by atoms with Crippen LogP contribution in [0, 0.1) is 0 Å². The normalized spacial score (nSPS) is 11.1. The van der Waals surface area contributed by atoms with Gasteiger partial charge in [-0.1, -0.05) is 36.7 Å². The second-order valence-electron chi connectivity index (χ2n) is 3.89. The number of nitrogens with zero attached hydrogens (tertiary/aromatic N) is 1. The lowest BCUT2D eigenvalue weighted by atomic mass is 10.2. The molecule has 0 saturated carbocycles. The second kappa shape index (κ2) is 5.37. The number of hydrogen-bond acceptors (Lipinski definition) is 1. The van der Waals surface area contributed by atoms with Crippen molar-refractivity contribution in [2.24, 2.45) is 0 Å². The van der Waals surface area contributed by atoms with Crippen LogP contribution in [0.15, 0.2) is 30.5 Å². The summed E-state index contributed by atoms with van der Waals surface area (Å²) < 4.78 is 2.23. The highest BCUT2D eigenvalue weighted by Gasteiger charge is 2.04. The van der Waals surface area contributed by atoms with Crippen LogP contribution in [0.5, 0.6) is 0 Å². The van der Waals surface area contributed by atoms with Gasteiger partial charge in [0.2, 0.25) is 0 Å². The Balaban J connectivity index is 2.12. The predicted octanol–water partition coefficient (Wildman–Crippen LogP) is 3.29. The van der Waals surface area contributed by atoms with Gasteiger partial charge in [-0.25, -0.2) is 0 Å². The van der Waals surface area contributed by atoms with Crippen molar-refractivity contribution >= 4 is 22.5 Å². The van der Waals surface area contributed by atoms with Gasteiger partial charge in [0.05, 0.1) is 5.02 Å². The Morgan fingerprint density at radius 2 is 2.12 bits per heavy atom. The molecule has 16 heavy (non-hydrogen) atoms. The highest BCUT2D eigenvalue weighted by atomic mass is 35.5. The van der Waals surface area contributed by atoms with E-state index in [1.54, 1.807) is 0 Å². The van der Waals surface area contributed by atoms with Crippen molar-refractivity contribution in [1.29, 1.82) is 0 Å². The molecule has 1 aromatic carbocycles. The van der Waals surface area contributed by atoms with Crippen LogP contribution in [-0.4, -0.2) is 17.7 Å². The molecule has 2 rings (SSSR count). The van der Waals surface area contributed by atoms with Crippen molar-refractivity contribution in [2.75, 3.05) is 13.1 Å². The van der Waals surface area contributed by atoms with E-state index in [1.165, 1.54) is 5.52 Å². The van der Waals surface area contributed by atoms with E-state index in [4.69, 9.17) is 11.6 Å². The Morgan fingerprint density at radius 1 is 1.31 bits per heavy atom. The van der Waals surface area contributed by atoms with E-state index in [2.05, 4.69) is 35.0 Å². The highest BCUT2D eigenvalue weighted by molar-refractivity contribution is 6.35. The summed E-state index contributed by atoms with van der Waals surface area (Å²) in [5.74, 6) is 0. The van der Waals surface area contributed by atoms with Gasteiger partial charge in [0.25, 0.3) is 0 Å². The summed E-state index contributed by atoms with van der Waals surface area (Å²) in [5.41, 5.74) is 1.23. The Morgan fingerprint density at radius 3 is 2.94 bits per heavy atom. The third-order valence-electron chi connectivity index (χ3n) is 2.74. The van der Waals surface area contributed by atoms with Gasteiger partial charge in [-0.3, -0.25) is 0 Å². The van der Waals surface area contributed by atoms with Gasteiger partial charge in [0.1, 0.15) is 0 Å². The standard InChI is InChI=1S/C13H17ClN2/c1-2-15-8-5-9-16-10-12(14)11-6-3-4-7-13(11)16/h3-4,6-7,10,15H,2,5,8-9H2,1H3. The zero-order valence-electron chi connectivity index (χ0n) is 9.54. The molecular weight excluding hydrogens is 220 g/mol. The van der Waals surface area contributed by atoms with Crippen LogP contribution in [0.4, 0.5) is 0 Å². The van der Waals surface area contributed by atoms with E-state index in [0.29, 0.717) is 0 Å². The Bertz CT molecular complexity index is 462. The number of hydrogen-bond donors (Lipinski definition) is 1. The Labute approximate surface area is 101 Å². The monoisotopic (exact) mass is 236 g/mol. The third-order valence-corrected chi connectivity index (χ3v) is 3.04. The summed E-state index contributed by atoms with van der Waals surface area (Å²) in [6.45, 7) is 5.23. The fourth-order valence-corrected chi connectivity index (χ4v) is 2.22. The van der Waals surface area contributed by atoms with Crippen LogP contribution >= 0.6 is 11.6 Å². The molecule has 0 radical (unpaired) electrons. The smallest absolute Gasteiger partial charge is 0.0661 e. The van der Waals surface area contributed by atoms with E-state index < -0.39 is 0 Å². The molecule has 0 amide bonds. The molecular formula is C13H17ClN2. The SMILES string of the molecule is CCNCCCn1cc(Cl)c2ccccc21. The van der Waals surface area contributed by atoms with Crippen molar-refractivity contribution in [3.63, 3.8) is 0 Å². The molecule has 0 aliphatic heterocycles. The van der Waals surface area contributed by atoms with Crippen molar-refractivity contribution in [1.82, 2.24) is 9.88 Å². The van der Waals surface area contributed by atoms with Gasteiger partial charge < -0.3 is 9.88 Å². The molecule has 0 fully saturated rings. The Hall–Kier alpha value is -0.990. The number of nitrogens with one attached hydrogen (secondary N) is 1. The lowest BCUT2D eigenvalue weighted by Gasteiger charge is -2.05. The quantitative estimate of drug-likeness (QED) is 0.789. The first kappa shape index (κ1) is 11.5. The van der Waals surface area contributed by atoms with Crippen LogP contribution in [-0.2, 0) is 6.54 Å². The molecule has 0 saturated heterocycles. The van der Waals surface area contributed by atoms with E-state index >= 15 is 0 Å². The molecule has 0 atom stereocenters. The number of aromatic nitrogens is 1. The zero-order chi connectivity index (χ0) is 11.4. The van der Waals surface area contributed by atoms with Crippen molar-refractivity contribution in [3.8, 4) is 0 Å². The molecule has 0 unspecified atom stereocenters. The minimum atomic E-state index is 0.846. The van der Waals surface area contributed by atoms with Crippen molar-refractivity contribution in [2.45, 2.75) is 19.9 Å². The van der Waals surface area contributed by atoms with Gasteiger partial charge in [-0.05, 0) is 25.6 Å². The maximum atomic E-state index is 6.18. The minimum Gasteiger partial charge on any atom is -0.346 e. The summed E-state index contributed by atoms with van der Waals surface area (Å²) in [6, 6.07) is 8.27.